The van der Waals surface area contributed by atoms with Crippen LogP contribution in [0.4, 0.5) is 0 Å². The summed E-state index contributed by atoms with van der Waals surface area (Å²) in [6, 6.07) is 10.7. The number of thioether (sulfide) groups is 1. The molecule has 0 saturated carbocycles. The monoisotopic (exact) mass is 419 g/mol. The van der Waals surface area contributed by atoms with Crippen molar-refractivity contribution in [3.8, 4) is 0 Å². The molecule has 2 fully saturated rings. The van der Waals surface area contributed by atoms with Gasteiger partial charge in [-0.2, -0.15) is 0 Å². The highest BCUT2D eigenvalue weighted by Crippen LogP contribution is 2.32. The number of amides is 1. The Morgan fingerprint density at radius 3 is 2.50 bits per heavy atom. The molecule has 2 heterocycles. The predicted octanol–water partition coefficient (Wildman–Crippen LogP) is 3.25. The standard InChI is InChI=1S/C19H29N3OS.2ClH/c1-19(14-21(2)18(23)17-13-24-15-20-17)8-10-22(11-9-19)12-16-6-4-3-5-7-16;;/h3-7,17,20H,8-15H2,1-2H3;2*1H/t17-;;/m1../s1. The van der Waals surface area contributed by atoms with Crippen LogP contribution in [0.25, 0.3) is 0 Å². The van der Waals surface area contributed by atoms with Crippen molar-refractivity contribution in [1.82, 2.24) is 15.1 Å². The van der Waals surface area contributed by atoms with Gasteiger partial charge < -0.3 is 4.90 Å². The van der Waals surface area contributed by atoms with Gasteiger partial charge in [0.05, 0.1) is 6.04 Å². The fraction of sp³-hybridized carbons (Fsp3) is 0.632. The molecular weight excluding hydrogens is 389 g/mol. The van der Waals surface area contributed by atoms with Crippen LogP contribution in [0.5, 0.6) is 0 Å². The van der Waals surface area contributed by atoms with Crippen LogP contribution in [-0.4, -0.2) is 60.1 Å². The van der Waals surface area contributed by atoms with Crippen molar-refractivity contribution < 1.29 is 4.79 Å². The van der Waals surface area contributed by atoms with Crippen molar-refractivity contribution >= 4 is 42.5 Å². The van der Waals surface area contributed by atoms with Crippen LogP contribution in [0.15, 0.2) is 30.3 Å². The molecule has 0 unspecified atom stereocenters. The first kappa shape index (κ1) is 23.6. The zero-order chi connectivity index (χ0) is 17.0. The van der Waals surface area contributed by atoms with Crippen LogP contribution in [0.2, 0.25) is 0 Å². The Kier molecular flexibility index (Phi) is 9.76. The number of rotatable bonds is 5. The van der Waals surface area contributed by atoms with Crippen molar-refractivity contribution in [2.24, 2.45) is 5.41 Å². The van der Waals surface area contributed by atoms with E-state index in [1.165, 1.54) is 5.56 Å². The number of nitrogens with zero attached hydrogens (tertiary/aromatic N) is 2. The second kappa shape index (κ2) is 10.8. The summed E-state index contributed by atoms with van der Waals surface area (Å²) in [5.74, 6) is 2.06. The maximum atomic E-state index is 12.5. The normalized spacial score (nSPS) is 22.2. The van der Waals surface area contributed by atoms with Crippen molar-refractivity contribution in [1.29, 1.82) is 0 Å². The Morgan fingerprint density at radius 2 is 1.92 bits per heavy atom. The molecule has 0 bridgehead atoms. The van der Waals surface area contributed by atoms with E-state index in [9.17, 15) is 4.79 Å². The fourth-order valence-corrected chi connectivity index (χ4v) is 4.65. The van der Waals surface area contributed by atoms with Gasteiger partial charge in [-0.3, -0.25) is 15.0 Å². The summed E-state index contributed by atoms with van der Waals surface area (Å²) in [5.41, 5.74) is 1.63. The molecule has 148 valence electrons. The molecule has 2 saturated heterocycles. The molecule has 1 aromatic rings. The van der Waals surface area contributed by atoms with Crippen LogP contribution in [0, 0.1) is 5.41 Å². The number of likely N-dealkylation sites (N-methyl/N-ethyl adjacent to an activating group) is 1. The Balaban J connectivity index is 0.00000169. The summed E-state index contributed by atoms with van der Waals surface area (Å²) < 4.78 is 0. The number of nitrogens with one attached hydrogen (secondary N) is 1. The average Bonchev–Trinajstić information content (AvgIpc) is 3.12. The fourth-order valence-electron chi connectivity index (χ4n) is 3.72. The lowest BCUT2D eigenvalue weighted by Gasteiger charge is -2.41. The lowest BCUT2D eigenvalue weighted by atomic mass is 9.79. The lowest BCUT2D eigenvalue weighted by molar-refractivity contribution is -0.133. The SMILES string of the molecule is CN(CC1(C)CCN(Cc2ccccc2)CC1)C(=O)[C@H]1CSCN1.Cl.Cl. The van der Waals surface area contributed by atoms with E-state index in [0.29, 0.717) is 0 Å². The summed E-state index contributed by atoms with van der Waals surface area (Å²) in [7, 11) is 1.97. The van der Waals surface area contributed by atoms with Crippen LogP contribution in [0.3, 0.4) is 0 Å². The van der Waals surface area contributed by atoms with Crippen molar-refractivity contribution in [2.75, 3.05) is 38.3 Å². The first-order valence-corrected chi connectivity index (χ1v) is 10.0. The molecule has 2 aliphatic rings. The second-order valence-corrected chi connectivity index (χ2v) is 8.57. The second-order valence-electron chi connectivity index (χ2n) is 7.54. The number of halogens is 2. The third-order valence-electron chi connectivity index (χ3n) is 5.32. The molecule has 1 N–H and O–H groups in total. The predicted molar refractivity (Wildman–Crippen MR) is 115 cm³/mol. The summed E-state index contributed by atoms with van der Waals surface area (Å²) in [5, 5.41) is 3.28. The minimum absolute atomic E-state index is 0. The zero-order valence-electron chi connectivity index (χ0n) is 15.6. The number of carbonyl (C=O) groups is 1. The largest absolute Gasteiger partial charge is 0.344 e. The van der Waals surface area contributed by atoms with Gasteiger partial charge in [-0.1, -0.05) is 37.3 Å². The minimum Gasteiger partial charge on any atom is -0.344 e. The van der Waals surface area contributed by atoms with Gasteiger partial charge in [0, 0.05) is 31.8 Å². The van der Waals surface area contributed by atoms with Gasteiger partial charge in [-0.15, -0.1) is 36.6 Å². The molecule has 0 aliphatic carbocycles. The van der Waals surface area contributed by atoms with E-state index in [2.05, 4.69) is 47.5 Å². The van der Waals surface area contributed by atoms with E-state index in [1.54, 1.807) is 0 Å². The van der Waals surface area contributed by atoms with Crippen LogP contribution < -0.4 is 5.32 Å². The summed E-state index contributed by atoms with van der Waals surface area (Å²) in [6.45, 7) is 6.48. The van der Waals surface area contributed by atoms with Crippen molar-refractivity contribution in [3.63, 3.8) is 0 Å². The number of hydrogen-bond acceptors (Lipinski definition) is 4. The molecule has 1 amide bonds. The Hall–Kier alpha value is -0.460. The highest BCUT2D eigenvalue weighted by atomic mass is 35.5. The van der Waals surface area contributed by atoms with Crippen LogP contribution >= 0.6 is 36.6 Å². The smallest absolute Gasteiger partial charge is 0.240 e. The molecule has 1 aromatic carbocycles. The highest BCUT2D eigenvalue weighted by molar-refractivity contribution is 7.99. The molecule has 0 spiro atoms. The highest BCUT2D eigenvalue weighted by Gasteiger charge is 2.34. The average molecular weight is 420 g/mol. The van der Waals surface area contributed by atoms with E-state index in [-0.39, 0.29) is 42.2 Å². The number of likely N-dealkylation sites (tertiary alicyclic amines) is 1. The van der Waals surface area contributed by atoms with E-state index in [0.717, 1.165) is 50.7 Å². The van der Waals surface area contributed by atoms with Gasteiger partial charge in [0.2, 0.25) is 5.91 Å². The van der Waals surface area contributed by atoms with E-state index >= 15 is 0 Å². The molecule has 4 nitrogen and oxygen atoms in total. The topological polar surface area (TPSA) is 35.6 Å². The molecule has 3 rings (SSSR count). The van der Waals surface area contributed by atoms with Gasteiger partial charge in [0.1, 0.15) is 0 Å². The summed E-state index contributed by atoms with van der Waals surface area (Å²) in [6.07, 6.45) is 2.31. The maximum absolute atomic E-state index is 12.5. The van der Waals surface area contributed by atoms with E-state index < -0.39 is 0 Å². The summed E-state index contributed by atoms with van der Waals surface area (Å²) in [4.78, 5) is 17.0. The Bertz CT molecular complexity index is 547. The Labute approximate surface area is 174 Å². The van der Waals surface area contributed by atoms with Gasteiger partial charge >= 0.3 is 0 Å². The van der Waals surface area contributed by atoms with E-state index in [1.807, 2.05) is 23.7 Å². The number of benzene rings is 1. The lowest BCUT2D eigenvalue weighted by Crippen LogP contribution is -2.49. The third-order valence-corrected chi connectivity index (χ3v) is 6.26. The van der Waals surface area contributed by atoms with Crippen molar-refractivity contribution in [3.05, 3.63) is 35.9 Å². The minimum atomic E-state index is 0. The first-order chi connectivity index (χ1) is 11.6. The molecule has 2 aliphatic heterocycles. The van der Waals surface area contributed by atoms with Gasteiger partial charge in [-0.25, -0.2) is 0 Å². The molecule has 0 aromatic heterocycles. The van der Waals surface area contributed by atoms with E-state index in [4.69, 9.17) is 0 Å². The first-order valence-electron chi connectivity index (χ1n) is 8.88. The number of carbonyl (C=O) groups excluding carboxylic acids is 1. The van der Waals surface area contributed by atoms with Gasteiger partial charge in [0.15, 0.2) is 0 Å². The maximum Gasteiger partial charge on any atom is 0.240 e. The van der Waals surface area contributed by atoms with Gasteiger partial charge in [0.25, 0.3) is 0 Å². The zero-order valence-corrected chi connectivity index (χ0v) is 18.1. The molecule has 1 atom stereocenters. The third kappa shape index (κ3) is 6.31. The number of piperidine rings is 1. The molecule has 26 heavy (non-hydrogen) atoms. The molecule has 7 heteroatoms. The van der Waals surface area contributed by atoms with Crippen LogP contribution in [0.1, 0.15) is 25.3 Å². The van der Waals surface area contributed by atoms with Gasteiger partial charge in [-0.05, 0) is 36.9 Å². The van der Waals surface area contributed by atoms with Crippen molar-refractivity contribution in [2.45, 2.75) is 32.4 Å². The quantitative estimate of drug-likeness (QED) is 0.793. The number of hydrogen-bond donors (Lipinski definition) is 1. The van der Waals surface area contributed by atoms with Crippen LogP contribution in [-0.2, 0) is 11.3 Å². The summed E-state index contributed by atoms with van der Waals surface area (Å²) >= 11 is 1.81. The molecular formula is C19H31Cl2N3OS. The molecule has 0 radical (unpaired) electrons. The Morgan fingerprint density at radius 1 is 1.27 bits per heavy atom.